The predicted molar refractivity (Wildman–Crippen MR) is 102 cm³/mol. The molecule has 3 rings (SSSR count). The molecule has 0 aliphatic rings. The second-order valence-electron chi connectivity index (χ2n) is 6.13. The minimum atomic E-state index is -0.710. The second-order valence-corrected chi connectivity index (χ2v) is 7.40. The molecule has 0 bridgehead atoms. The lowest BCUT2D eigenvalue weighted by atomic mass is 10.0. The minimum Gasteiger partial charge on any atom is -0.467 e. The van der Waals surface area contributed by atoms with Crippen LogP contribution in [-0.2, 0) is 9.53 Å². The predicted octanol–water partition coefficient (Wildman–Crippen LogP) is 3.64. The maximum absolute atomic E-state index is 12.7. The van der Waals surface area contributed by atoms with Crippen molar-refractivity contribution in [1.82, 2.24) is 14.7 Å². The normalized spacial score (nSPS) is 12.3. The first-order chi connectivity index (χ1) is 12.4. The number of imidazole rings is 1. The summed E-state index contributed by atoms with van der Waals surface area (Å²) in [5, 5.41) is 5.08. The zero-order valence-corrected chi connectivity index (χ0v) is 16.1. The van der Waals surface area contributed by atoms with E-state index in [2.05, 4.69) is 10.3 Å². The van der Waals surface area contributed by atoms with Gasteiger partial charge in [0.2, 0.25) is 0 Å². The molecule has 0 unspecified atom stereocenters. The Morgan fingerprint density at radius 3 is 2.77 bits per heavy atom. The van der Waals surface area contributed by atoms with Crippen LogP contribution in [0.3, 0.4) is 0 Å². The monoisotopic (exact) mass is 391 g/mol. The van der Waals surface area contributed by atoms with Gasteiger partial charge < -0.3 is 10.1 Å². The van der Waals surface area contributed by atoms with E-state index in [1.807, 2.05) is 32.0 Å². The lowest BCUT2D eigenvalue weighted by Gasteiger charge is -2.19. The summed E-state index contributed by atoms with van der Waals surface area (Å²) in [6.45, 7) is 3.69. The summed E-state index contributed by atoms with van der Waals surface area (Å²) in [6, 6.07) is 6.66. The number of fused-ring (bicyclic) bond motifs is 1. The maximum Gasteiger partial charge on any atom is 0.328 e. The number of hydrogen-bond acceptors (Lipinski definition) is 5. The van der Waals surface area contributed by atoms with Gasteiger partial charge in [0.1, 0.15) is 11.7 Å². The molecule has 2 aromatic heterocycles. The van der Waals surface area contributed by atoms with Crippen LogP contribution < -0.4 is 5.32 Å². The van der Waals surface area contributed by atoms with Crippen molar-refractivity contribution in [2.24, 2.45) is 5.92 Å². The quantitative estimate of drug-likeness (QED) is 0.674. The Labute approximate surface area is 159 Å². The first-order valence-corrected chi connectivity index (χ1v) is 9.27. The third-order valence-corrected chi connectivity index (χ3v) is 5.05. The van der Waals surface area contributed by atoms with Gasteiger partial charge in [-0.1, -0.05) is 37.6 Å². The van der Waals surface area contributed by atoms with Crippen LogP contribution in [0.25, 0.3) is 16.2 Å². The Morgan fingerprint density at radius 2 is 2.12 bits per heavy atom. The zero-order valence-electron chi connectivity index (χ0n) is 14.5. The highest BCUT2D eigenvalue weighted by molar-refractivity contribution is 7.15. The molecule has 136 valence electrons. The third-order valence-electron chi connectivity index (χ3n) is 3.97. The molecule has 1 atom stereocenters. The maximum atomic E-state index is 12.7. The highest BCUT2D eigenvalue weighted by Crippen LogP contribution is 2.25. The molecule has 0 aliphatic heterocycles. The fourth-order valence-electron chi connectivity index (χ4n) is 2.57. The molecule has 1 aromatic carbocycles. The molecular formula is C18H18ClN3O3S. The van der Waals surface area contributed by atoms with Gasteiger partial charge in [-0.2, -0.15) is 0 Å². The molecule has 0 spiro atoms. The molecule has 6 nitrogen and oxygen atoms in total. The van der Waals surface area contributed by atoms with Crippen LogP contribution >= 0.6 is 22.9 Å². The van der Waals surface area contributed by atoms with E-state index in [4.69, 9.17) is 16.3 Å². The molecule has 0 saturated heterocycles. The largest absolute Gasteiger partial charge is 0.467 e. The van der Waals surface area contributed by atoms with E-state index in [1.54, 1.807) is 22.0 Å². The summed E-state index contributed by atoms with van der Waals surface area (Å²) in [7, 11) is 1.31. The Kier molecular flexibility index (Phi) is 5.29. The lowest BCUT2D eigenvalue weighted by molar-refractivity contribution is -0.144. The molecular weight excluding hydrogens is 374 g/mol. The van der Waals surface area contributed by atoms with E-state index in [0.29, 0.717) is 15.7 Å². The van der Waals surface area contributed by atoms with E-state index in [-0.39, 0.29) is 11.8 Å². The number of benzene rings is 1. The second kappa shape index (κ2) is 7.47. The zero-order chi connectivity index (χ0) is 18.8. The van der Waals surface area contributed by atoms with Gasteiger partial charge in [-0.05, 0) is 18.1 Å². The van der Waals surface area contributed by atoms with Gasteiger partial charge in [-0.25, -0.2) is 9.78 Å². The van der Waals surface area contributed by atoms with Crippen molar-refractivity contribution in [1.29, 1.82) is 0 Å². The average Bonchev–Trinajstić information content (AvgIpc) is 3.19. The molecule has 2 heterocycles. The highest BCUT2D eigenvalue weighted by Gasteiger charge is 2.26. The van der Waals surface area contributed by atoms with Crippen molar-refractivity contribution in [3.05, 3.63) is 46.6 Å². The van der Waals surface area contributed by atoms with Gasteiger partial charge >= 0.3 is 5.97 Å². The number of nitrogens with one attached hydrogen (secondary N) is 1. The summed E-state index contributed by atoms with van der Waals surface area (Å²) in [6.07, 6.45) is 1.79. The van der Waals surface area contributed by atoms with Crippen LogP contribution in [0.4, 0.5) is 0 Å². The number of rotatable bonds is 5. The van der Waals surface area contributed by atoms with E-state index in [9.17, 15) is 9.59 Å². The number of amides is 1. The van der Waals surface area contributed by atoms with Crippen molar-refractivity contribution >= 4 is 39.8 Å². The number of carbonyl (C=O) groups excluding carboxylic acids is 2. The van der Waals surface area contributed by atoms with Crippen LogP contribution in [-0.4, -0.2) is 34.4 Å². The van der Waals surface area contributed by atoms with E-state index in [0.717, 1.165) is 11.3 Å². The summed E-state index contributed by atoms with van der Waals surface area (Å²) >= 11 is 7.39. The Hall–Kier alpha value is -2.38. The van der Waals surface area contributed by atoms with Gasteiger partial charge in [-0.15, -0.1) is 11.3 Å². The number of aromatic nitrogens is 2. The van der Waals surface area contributed by atoms with Gasteiger partial charge in [-0.3, -0.25) is 9.20 Å². The van der Waals surface area contributed by atoms with Crippen LogP contribution in [0.2, 0.25) is 5.02 Å². The molecule has 0 saturated carbocycles. The lowest BCUT2D eigenvalue weighted by Crippen LogP contribution is -2.45. The number of carbonyl (C=O) groups is 2. The topological polar surface area (TPSA) is 72.7 Å². The molecule has 26 heavy (non-hydrogen) atoms. The summed E-state index contributed by atoms with van der Waals surface area (Å²) in [4.78, 5) is 29.8. The number of halogens is 1. The van der Waals surface area contributed by atoms with Crippen molar-refractivity contribution in [3.8, 4) is 11.3 Å². The fraction of sp³-hybridized carbons (Fsp3) is 0.278. The standard InChI is InChI=1S/C18H18ClN3O3S/c1-10(2)15(17(24)25-3)21-16(23)14-9-26-18-20-13(8-22(14)18)11-5-4-6-12(19)7-11/h4-10,15H,1-3H3,(H,21,23)/t15-/m0/s1. The molecule has 0 aliphatic carbocycles. The fourth-order valence-corrected chi connectivity index (χ4v) is 3.62. The Bertz CT molecular complexity index is 964. The molecule has 8 heteroatoms. The smallest absolute Gasteiger partial charge is 0.328 e. The van der Waals surface area contributed by atoms with Crippen molar-refractivity contribution < 1.29 is 14.3 Å². The first kappa shape index (κ1) is 18.4. The number of esters is 1. The number of methoxy groups -OCH3 is 1. The van der Waals surface area contributed by atoms with Crippen LogP contribution in [0.15, 0.2) is 35.8 Å². The van der Waals surface area contributed by atoms with Gasteiger partial charge in [0.15, 0.2) is 4.96 Å². The van der Waals surface area contributed by atoms with Crippen molar-refractivity contribution in [2.45, 2.75) is 19.9 Å². The molecule has 1 amide bonds. The highest BCUT2D eigenvalue weighted by atomic mass is 35.5. The van der Waals surface area contributed by atoms with E-state index < -0.39 is 12.0 Å². The summed E-state index contributed by atoms with van der Waals surface area (Å²) < 4.78 is 6.48. The summed E-state index contributed by atoms with van der Waals surface area (Å²) in [5.74, 6) is -0.911. The van der Waals surface area contributed by atoms with Crippen LogP contribution in [0.5, 0.6) is 0 Å². The minimum absolute atomic E-state index is 0.0923. The van der Waals surface area contributed by atoms with E-state index >= 15 is 0 Å². The summed E-state index contributed by atoms with van der Waals surface area (Å²) in [5.41, 5.74) is 2.01. The SMILES string of the molecule is COC(=O)[C@@H](NC(=O)c1csc2nc(-c3cccc(Cl)c3)cn12)C(C)C. The van der Waals surface area contributed by atoms with Crippen molar-refractivity contribution in [2.75, 3.05) is 7.11 Å². The molecule has 3 aromatic rings. The van der Waals surface area contributed by atoms with Crippen LogP contribution in [0, 0.1) is 5.92 Å². The number of hydrogen-bond donors (Lipinski definition) is 1. The number of thiazole rings is 1. The first-order valence-electron chi connectivity index (χ1n) is 8.02. The number of nitrogens with zero attached hydrogens (tertiary/aromatic N) is 2. The van der Waals surface area contributed by atoms with Gasteiger partial charge in [0.25, 0.3) is 5.91 Å². The third kappa shape index (κ3) is 3.59. The van der Waals surface area contributed by atoms with Gasteiger partial charge in [0.05, 0.1) is 12.8 Å². The Morgan fingerprint density at radius 1 is 1.35 bits per heavy atom. The Balaban J connectivity index is 1.91. The average molecular weight is 392 g/mol. The number of ether oxygens (including phenoxy) is 1. The van der Waals surface area contributed by atoms with Crippen molar-refractivity contribution in [3.63, 3.8) is 0 Å². The van der Waals surface area contributed by atoms with Gasteiger partial charge in [0, 0.05) is 22.2 Å². The molecule has 1 N–H and O–H groups in total. The molecule has 0 radical (unpaired) electrons. The van der Waals surface area contributed by atoms with E-state index in [1.165, 1.54) is 18.4 Å². The molecule has 0 fully saturated rings. The van der Waals surface area contributed by atoms with Crippen LogP contribution in [0.1, 0.15) is 24.3 Å².